The van der Waals surface area contributed by atoms with Crippen molar-refractivity contribution in [2.75, 3.05) is 25.0 Å². The Balaban J connectivity index is 2.79. The summed E-state index contributed by atoms with van der Waals surface area (Å²) in [5, 5.41) is 3.45. The fourth-order valence-electron chi connectivity index (χ4n) is 1.30. The molecular weight excluding hydrogens is 251 g/mol. The molecule has 1 unspecified atom stereocenters. The van der Waals surface area contributed by atoms with E-state index >= 15 is 0 Å². The molecule has 0 aliphatic carbocycles. The average molecular weight is 267 g/mol. The summed E-state index contributed by atoms with van der Waals surface area (Å²) in [6.07, 6.45) is -2.57. The van der Waals surface area contributed by atoms with Crippen LogP contribution in [0.5, 0.6) is 0 Å². The molecule has 1 rings (SSSR count). The number of nitrogens with zero attached hydrogens (tertiary/aromatic N) is 2. The zero-order valence-electron chi connectivity index (χ0n) is 10.0. The van der Waals surface area contributed by atoms with Gasteiger partial charge in [-0.2, -0.15) is 13.2 Å². The highest BCUT2D eigenvalue weighted by molar-refractivity contribution is 7.15. The van der Waals surface area contributed by atoms with Gasteiger partial charge in [-0.1, -0.05) is 0 Å². The second kappa shape index (κ2) is 5.68. The molecule has 98 valence electrons. The molecule has 0 fully saturated rings. The standard InChI is InChI=1S/C10H16F3N3S/c1-4-16(6-10(11,12)13)9-15-5-8(17-9)7(2)14-3/h5,7,14H,4,6H2,1-3H3. The van der Waals surface area contributed by atoms with Crippen LogP contribution in [0.4, 0.5) is 18.3 Å². The third-order valence-electron chi connectivity index (χ3n) is 2.39. The van der Waals surface area contributed by atoms with Gasteiger partial charge in [0.2, 0.25) is 0 Å². The van der Waals surface area contributed by atoms with Crippen molar-refractivity contribution in [2.45, 2.75) is 26.1 Å². The van der Waals surface area contributed by atoms with Crippen LogP contribution < -0.4 is 10.2 Å². The highest BCUT2D eigenvalue weighted by Crippen LogP contribution is 2.29. The van der Waals surface area contributed by atoms with E-state index in [2.05, 4.69) is 10.3 Å². The first kappa shape index (κ1) is 14.2. The zero-order chi connectivity index (χ0) is 13.1. The topological polar surface area (TPSA) is 28.2 Å². The average Bonchev–Trinajstić information content (AvgIpc) is 2.72. The quantitative estimate of drug-likeness (QED) is 0.889. The van der Waals surface area contributed by atoms with Crippen molar-refractivity contribution in [1.82, 2.24) is 10.3 Å². The van der Waals surface area contributed by atoms with E-state index in [0.717, 1.165) is 4.88 Å². The Morgan fingerprint density at radius 1 is 1.53 bits per heavy atom. The molecular formula is C10H16F3N3S. The molecule has 0 spiro atoms. The molecule has 1 heterocycles. The fourth-order valence-corrected chi connectivity index (χ4v) is 2.34. The van der Waals surface area contributed by atoms with Crippen molar-refractivity contribution >= 4 is 16.5 Å². The first-order valence-electron chi connectivity index (χ1n) is 5.32. The Morgan fingerprint density at radius 2 is 2.18 bits per heavy atom. The van der Waals surface area contributed by atoms with E-state index in [1.807, 2.05) is 6.92 Å². The molecule has 0 radical (unpaired) electrons. The number of aromatic nitrogens is 1. The van der Waals surface area contributed by atoms with E-state index in [0.29, 0.717) is 11.7 Å². The molecule has 17 heavy (non-hydrogen) atoms. The van der Waals surface area contributed by atoms with Crippen molar-refractivity contribution in [1.29, 1.82) is 0 Å². The van der Waals surface area contributed by atoms with Crippen LogP contribution in [0, 0.1) is 0 Å². The van der Waals surface area contributed by atoms with Crippen LogP contribution in [-0.4, -0.2) is 31.3 Å². The van der Waals surface area contributed by atoms with E-state index < -0.39 is 12.7 Å². The lowest BCUT2D eigenvalue weighted by Crippen LogP contribution is -2.33. The van der Waals surface area contributed by atoms with E-state index in [1.165, 1.54) is 16.2 Å². The molecule has 7 heteroatoms. The van der Waals surface area contributed by atoms with Gasteiger partial charge < -0.3 is 10.2 Å². The fraction of sp³-hybridized carbons (Fsp3) is 0.700. The van der Waals surface area contributed by atoms with E-state index in [-0.39, 0.29) is 6.04 Å². The van der Waals surface area contributed by atoms with Gasteiger partial charge in [-0.3, -0.25) is 0 Å². The van der Waals surface area contributed by atoms with Crippen LogP contribution in [-0.2, 0) is 0 Å². The van der Waals surface area contributed by atoms with Crippen LogP contribution in [0.1, 0.15) is 24.8 Å². The molecule has 0 amide bonds. The van der Waals surface area contributed by atoms with Gasteiger partial charge in [0.05, 0.1) is 0 Å². The number of hydrogen-bond acceptors (Lipinski definition) is 4. The highest BCUT2D eigenvalue weighted by atomic mass is 32.1. The second-order valence-electron chi connectivity index (χ2n) is 3.68. The predicted molar refractivity (Wildman–Crippen MR) is 63.5 cm³/mol. The summed E-state index contributed by atoms with van der Waals surface area (Å²) < 4.78 is 37.0. The molecule has 0 aliphatic heterocycles. The summed E-state index contributed by atoms with van der Waals surface area (Å²) in [6, 6.07) is 0.103. The number of rotatable bonds is 5. The molecule has 0 saturated heterocycles. The van der Waals surface area contributed by atoms with Crippen LogP contribution in [0.2, 0.25) is 0 Å². The molecule has 0 aliphatic rings. The molecule has 1 aromatic rings. The normalized spacial score (nSPS) is 13.8. The van der Waals surface area contributed by atoms with E-state index in [4.69, 9.17) is 0 Å². The van der Waals surface area contributed by atoms with Crippen LogP contribution in [0.15, 0.2) is 6.20 Å². The lowest BCUT2D eigenvalue weighted by Gasteiger charge is -2.21. The Hall–Kier alpha value is -0.820. The van der Waals surface area contributed by atoms with Crippen LogP contribution in [0.3, 0.4) is 0 Å². The molecule has 1 N–H and O–H groups in total. The maximum atomic E-state index is 12.3. The molecule has 0 saturated carbocycles. The van der Waals surface area contributed by atoms with Gasteiger partial charge in [-0.05, 0) is 20.9 Å². The van der Waals surface area contributed by atoms with E-state index in [1.54, 1.807) is 20.2 Å². The molecule has 3 nitrogen and oxygen atoms in total. The smallest absolute Gasteiger partial charge is 0.339 e. The summed E-state index contributed by atoms with van der Waals surface area (Å²) in [6.45, 7) is 2.97. The molecule has 0 bridgehead atoms. The summed E-state index contributed by atoms with van der Waals surface area (Å²) >= 11 is 1.29. The summed E-state index contributed by atoms with van der Waals surface area (Å²) in [4.78, 5) is 6.21. The first-order valence-corrected chi connectivity index (χ1v) is 6.13. The third kappa shape index (κ3) is 4.16. The van der Waals surface area contributed by atoms with Gasteiger partial charge in [0.15, 0.2) is 5.13 Å². The molecule has 1 atom stereocenters. The lowest BCUT2D eigenvalue weighted by atomic mass is 10.3. The van der Waals surface area contributed by atoms with Crippen molar-refractivity contribution in [3.8, 4) is 0 Å². The Kier molecular flexibility index (Phi) is 4.76. The first-order chi connectivity index (χ1) is 7.87. The zero-order valence-corrected chi connectivity index (χ0v) is 10.8. The highest BCUT2D eigenvalue weighted by Gasteiger charge is 2.31. The lowest BCUT2D eigenvalue weighted by molar-refractivity contribution is -0.119. The maximum Gasteiger partial charge on any atom is 0.406 e. The number of hydrogen-bond donors (Lipinski definition) is 1. The predicted octanol–water partition coefficient (Wildman–Crippen LogP) is 2.81. The number of thiazole rings is 1. The minimum absolute atomic E-state index is 0.103. The number of alkyl halides is 3. The van der Waals surface area contributed by atoms with Crippen molar-refractivity contribution in [2.24, 2.45) is 0 Å². The van der Waals surface area contributed by atoms with Gasteiger partial charge in [-0.15, -0.1) is 11.3 Å². The Morgan fingerprint density at radius 3 is 2.65 bits per heavy atom. The van der Waals surface area contributed by atoms with Crippen molar-refractivity contribution < 1.29 is 13.2 Å². The second-order valence-corrected chi connectivity index (χ2v) is 4.73. The molecule has 0 aromatic carbocycles. The van der Waals surface area contributed by atoms with Crippen LogP contribution >= 0.6 is 11.3 Å². The Bertz CT molecular complexity index is 351. The summed E-state index contributed by atoms with van der Waals surface area (Å²) in [5.74, 6) is 0. The summed E-state index contributed by atoms with van der Waals surface area (Å²) in [5.41, 5.74) is 0. The van der Waals surface area contributed by atoms with Crippen LogP contribution in [0.25, 0.3) is 0 Å². The number of nitrogens with one attached hydrogen (secondary N) is 1. The summed E-state index contributed by atoms with van der Waals surface area (Å²) in [7, 11) is 1.80. The minimum Gasteiger partial charge on any atom is -0.339 e. The van der Waals surface area contributed by atoms with Gasteiger partial charge in [-0.25, -0.2) is 4.98 Å². The van der Waals surface area contributed by atoms with Crippen molar-refractivity contribution in [3.05, 3.63) is 11.1 Å². The van der Waals surface area contributed by atoms with Gasteiger partial charge in [0.1, 0.15) is 6.54 Å². The van der Waals surface area contributed by atoms with Gasteiger partial charge in [0, 0.05) is 23.7 Å². The molecule has 1 aromatic heterocycles. The van der Waals surface area contributed by atoms with Gasteiger partial charge in [0.25, 0.3) is 0 Å². The third-order valence-corrected chi connectivity index (χ3v) is 3.63. The largest absolute Gasteiger partial charge is 0.406 e. The minimum atomic E-state index is -4.20. The monoisotopic (exact) mass is 267 g/mol. The van der Waals surface area contributed by atoms with E-state index in [9.17, 15) is 13.2 Å². The van der Waals surface area contributed by atoms with Gasteiger partial charge >= 0.3 is 6.18 Å². The Labute approximate surface area is 103 Å². The van der Waals surface area contributed by atoms with Crippen molar-refractivity contribution in [3.63, 3.8) is 0 Å². The maximum absolute atomic E-state index is 12.3. The number of halogens is 3. The SMILES string of the molecule is CCN(CC(F)(F)F)c1ncc(C(C)NC)s1. The number of anilines is 1.